The third-order valence-electron chi connectivity index (χ3n) is 4.00. The van der Waals surface area contributed by atoms with Gasteiger partial charge in [-0.1, -0.05) is 0 Å². The number of piperazine rings is 1. The van der Waals surface area contributed by atoms with Crippen LogP contribution in [0.3, 0.4) is 0 Å². The van der Waals surface area contributed by atoms with Gasteiger partial charge < -0.3 is 19.9 Å². The number of nitrogens with zero attached hydrogens (tertiary/aromatic N) is 3. The molecule has 20 heavy (non-hydrogen) atoms. The molecule has 2 aliphatic heterocycles. The van der Waals surface area contributed by atoms with Gasteiger partial charge in [0.25, 0.3) is 0 Å². The lowest BCUT2D eigenvalue weighted by molar-refractivity contribution is -0.137. The molecule has 0 aromatic carbocycles. The van der Waals surface area contributed by atoms with Crippen LogP contribution in [0.1, 0.15) is 0 Å². The Balaban J connectivity index is 1.58. The van der Waals surface area contributed by atoms with E-state index in [2.05, 4.69) is 15.2 Å². The van der Waals surface area contributed by atoms with Crippen molar-refractivity contribution in [1.82, 2.24) is 15.2 Å². The fourth-order valence-electron chi connectivity index (χ4n) is 2.58. The molecule has 0 saturated carbocycles. The lowest BCUT2D eigenvalue weighted by atomic mass is 10.0. The summed E-state index contributed by atoms with van der Waals surface area (Å²) in [5.74, 6) is 2.22. The predicted octanol–water partition coefficient (Wildman–Crippen LogP) is -0.0418. The number of rotatable bonds is 3. The summed E-state index contributed by atoms with van der Waals surface area (Å²) >= 11 is 0. The quantitative estimate of drug-likeness (QED) is 0.839. The Hall–Kier alpha value is -1.82. The number of aromatic nitrogens is 1. The summed E-state index contributed by atoms with van der Waals surface area (Å²) in [6, 6.07) is 3.78. The van der Waals surface area contributed by atoms with Crippen molar-refractivity contribution in [1.29, 1.82) is 0 Å². The molecule has 1 aromatic rings. The zero-order valence-electron chi connectivity index (χ0n) is 11.7. The molecule has 6 nitrogen and oxygen atoms in total. The number of pyridine rings is 1. The number of carbonyl (C=O) groups excluding carboxylic acids is 1. The van der Waals surface area contributed by atoms with Crippen molar-refractivity contribution in [2.75, 3.05) is 51.3 Å². The van der Waals surface area contributed by atoms with Gasteiger partial charge in [-0.15, -0.1) is 0 Å². The minimum absolute atomic E-state index is 0.191. The maximum absolute atomic E-state index is 12.2. The molecule has 0 unspecified atom stereocenters. The molecule has 0 radical (unpaired) electrons. The fraction of sp³-hybridized carbons (Fsp3) is 0.571. The van der Waals surface area contributed by atoms with Crippen LogP contribution in [0.5, 0.6) is 5.75 Å². The van der Waals surface area contributed by atoms with Gasteiger partial charge in [-0.25, -0.2) is 4.98 Å². The molecule has 2 aliphatic rings. The van der Waals surface area contributed by atoms with Gasteiger partial charge >= 0.3 is 0 Å². The number of methoxy groups -OCH3 is 1. The van der Waals surface area contributed by atoms with Gasteiger partial charge in [-0.2, -0.15) is 0 Å². The Bertz CT molecular complexity index is 482. The highest BCUT2D eigenvalue weighted by Gasteiger charge is 2.31. The first-order valence-electron chi connectivity index (χ1n) is 7.02. The van der Waals surface area contributed by atoms with Crippen LogP contribution in [-0.4, -0.2) is 62.2 Å². The van der Waals surface area contributed by atoms with Crippen LogP contribution in [0.4, 0.5) is 5.82 Å². The fourth-order valence-corrected chi connectivity index (χ4v) is 2.58. The monoisotopic (exact) mass is 276 g/mol. The molecule has 0 spiro atoms. The zero-order valence-corrected chi connectivity index (χ0v) is 11.7. The van der Waals surface area contributed by atoms with Crippen LogP contribution in [-0.2, 0) is 4.79 Å². The van der Waals surface area contributed by atoms with Crippen LogP contribution in [0.15, 0.2) is 18.3 Å². The van der Waals surface area contributed by atoms with Crippen molar-refractivity contribution in [3.8, 4) is 5.75 Å². The van der Waals surface area contributed by atoms with E-state index in [-0.39, 0.29) is 5.92 Å². The number of nitrogens with one attached hydrogen (secondary N) is 1. The molecule has 108 valence electrons. The molecule has 3 heterocycles. The second-order valence-electron chi connectivity index (χ2n) is 5.22. The SMILES string of the molecule is COc1ccnc(N2CCN(C(=O)C3CNC3)CC2)c1. The van der Waals surface area contributed by atoms with Crippen molar-refractivity contribution < 1.29 is 9.53 Å². The van der Waals surface area contributed by atoms with Crippen molar-refractivity contribution >= 4 is 11.7 Å². The largest absolute Gasteiger partial charge is 0.497 e. The van der Waals surface area contributed by atoms with Gasteiger partial charge in [0.1, 0.15) is 11.6 Å². The standard InChI is InChI=1S/C14H20N4O2/c1-20-12-2-3-16-13(8-12)17-4-6-18(7-5-17)14(19)11-9-15-10-11/h2-3,8,11,15H,4-7,9-10H2,1H3. The molecule has 2 saturated heterocycles. The third-order valence-corrected chi connectivity index (χ3v) is 4.00. The van der Waals surface area contributed by atoms with Gasteiger partial charge in [0, 0.05) is 51.5 Å². The summed E-state index contributed by atoms with van der Waals surface area (Å²) in [6.07, 6.45) is 1.76. The first-order chi connectivity index (χ1) is 9.78. The third kappa shape index (κ3) is 2.56. The lowest BCUT2D eigenvalue weighted by Crippen LogP contribution is -2.56. The summed E-state index contributed by atoms with van der Waals surface area (Å²) in [6.45, 7) is 4.85. The van der Waals surface area contributed by atoms with Crippen LogP contribution < -0.4 is 15.0 Å². The van der Waals surface area contributed by atoms with Gasteiger partial charge in [-0.05, 0) is 6.07 Å². The first-order valence-corrected chi connectivity index (χ1v) is 7.02. The normalized spacial score (nSPS) is 19.6. The van der Waals surface area contributed by atoms with Crippen molar-refractivity contribution in [2.45, 2.75) is 0 Å². The maximum Gasteiger partial charge on any atom is 0.228 e. The van der Waals surface area contributed by atoms with Crippen LogP contribution in [0.25, 0.3) is 0 Å². The van der Waals surface area contributed by atoms with E-state index < -0.39 is 0 Å². The number of amides is 1. The van der Waals surface area contributed by atoms with Gasteiger partial charge in [0.15, 0.2) is 0 Å². The molecule has 1 aromatic heterocycles. The second-order valence-corrected chi connectivity index (χ2v) is 5.22. The topological polar surface area (TPSA) is 57.7 Å². The van der Waals surface area contributed by atoms with Crippen LogP contribution in [0, 0.1) is 5.92 Å². The highest BCUT2D eigenvalue weighted by molar-refractivity contribution is 5.80. The molecule has 0 aliphatic carbocycles. The maximum atomic E-state index is 12.2. The summed E-state index contributed by atoms with van der Waals surface area (Å²) in [4.78, 5) is 20.7. The second kappa shape index (κ2) is 5.66. The summed E-state index contributed by atoms with van der Waals surface area (Å²) in [5, 5.41) is 3.15. The van der Waals surface area contributed by atoms with E-state index in [1.54, 1.807) is 13.3 Å². The van der Waals surface area contributed by atoms with Crippen LogP contribution in [0.2, 0.25) is 0 Å². The zero-order chi connectivity index (χ0) is 13.9. The van der Waals surface area contributed by atoms with Gasteiger partial charge in [0.05, 0.1) is 13.0 Å². The van der Waals surface area contributed by atoms with Crippen molar-refractivity contribution in [3.05, 3.63) is 18.3 Å². The minimum Gasteiger partial charge on any atom is -0.497 e. The average Bonchev–Trinajstić information content (AvgIpc) is 2.45. The highest BCUT2D eigenvalue weighted by Crippen LogP contribution is 2.20. The van der Waals surface area contributed by atoms with E-state index in [0.29, 0.717) is 5.91 Å². The van der Waals surface area contributed by atoms with Gasteiger partial charge in [-0.3, -0.25) is 4.79 Å². The molecular weight excluding hydrogens is 256 g/mol. The molecule has 3 rings (SSSR count). The van der Waals surface area contributed by atoms with E-state index in [4.69, 9.17) is 4.74 Å². The van der Waals surface area contributed by atoms with Crippen molar-refractivity contribution in [3.63, 3.8) is 0 Å². The first kappa shape index (κ1) is 13.2. The van der Waals surface area contributed by atoms with E-state index in [1.165, 1.54) is 0 Å². The number of hydrogen-bond acceptors (Lipinski definition) is 5. The number of ether oxygens (including phenoxy) is 1. The lowest BCUT2D eigenvalue weighted by Gasteiger charge is -2.38. The van der Waals surface area contributed by atoms with E-state index in [0.717, 1.165) is 50.8 Å². The summed E-state index contributed by atoms with van der Waals surface area (Å²) in [5.41, 5.74) is 0. The average molecular weight is 276 g/mol. The van der Waals surface area contributed by atoms with Crippen LogP contribution >= 0.6 is 0 Å². The Morgan fingerprint density at radius 1 is 1.35 bits per heavy atom. The van der Waals surface area contributed by atoms with E-state index >= 15 is 0 Å². The Morgan fingerprint density at radius 3 is 2.70 bits per heavy atom. The molecule has 0 bridgehead atoms. The molecular formula is C14H20N4O2. The molecule has 1 amide bonds. The Morgan fingerprint density at radius 2 is 2.10 bits per heavy atom. The molecule has 0 atom stereocenters. The Kier molecular flexibility index (Phi) is 3.73. The van der Waals surface area contributed by atoms with Crippen molar-refractivity contribution in [2.24, 2.45) is 5.92 Å². The summed E-state index contributed by atoms with van der Waals surface area (Å²) < 4.78 is 5.22. The number of hydrogen-bond donors (Lipinski definition) is 1. The molecule has 1 N–H and O–H groups in total. The van der Waals surface area contributed by atoms with E-state index in [1.807, 2.05) is 17.0 Å². The molecule has 2 fully saturated rings. The Labute approximate surface area is 118 Å². The molecule has 6 heteroatoms. The summed E-state index contributed by atoms with van der Waals surface area (Å²) in [7, 11) is 1.66. The van der Waals surface area contributed by atoms with Gasteiger partial charge in [0.2, 0.25) is 5.91 Å². The van der Waals surface area contributed by atoms with E-state index in [9.17, 15) is 4.79 Å². The smallest absolute Gasteiger partial charge is 0.228 e. The highest BCUT2D eigenvalue weighted by atomic mass is 16.5. The predicted molar refractivity (Wildman–Crippen MR) is 75.9 cm³/mol. The number of carbonyl (C=O) groups is 1. The number of anilines is 1. The minimum atomic E-state index is 0.191.